The quantitative estimate of drug-likeness (QED) is 0.751. The summed E-state index contributed by atoms with van der Waals surface area (Å²) in [5.74, 6) is -1.01. The molecule has 0 bridgehead atoms. The summed E-state index contributed by atoms with van der Waals surface area (Å²) in [5.41, 5.74) is -0.0670. The van der Waals surface area contributed by atoms with Gasteiger partial charge in [-0.2, -0.15) is 0 Å². The van der Waals surface area contributed by atoms with Crippen molar-refractivity contribution < 1.29 is 18.3 Å². The smallest absolute Gasteiger partial charge is 0.303 e. The molecule has 1 rings (SSSR count). The Kier molecular flexibility index (Phi) is 5.64. The highest BCUT2D eigenvalue weighted by atomic mass is 32.2. The van der Waals surface area contributed by atoms with Crippen LogP contribution in [0.15, 0.2) is 24.4 Å². The molecule has 0 aliphatic rings. The standard InChI is InChI=1S/C13H20N2O4S/c1-13(2,8-6-12(16)17)15-20(18,19)10-7-11-5-3-4-9-14-11/h3-5,9,15H,6-8,10H2,1-2H3,(H,16,17). The number of aromatic nitrogens is 1. The summed E-state index contributed by atoms with van der Waals surface area (Å²) >= 11 is 0. The molecule has 0 aliphatic carbocycles. The van der Waals surface area contributed by atoms with Gasteiger partial charge in [-0.15, -0.1) is 0 Å². The number of carbonyl (C=O) groups is 1. The van der Waals surface area contributed by atoms with Gasteiger partial charge in [0.2, 0.25) is 10.0 Å². The van der Waals surface area contributed by atoms with Crippen molar-refractivity contribution in [2.75, 3.05) is 5.75 Å². The molecule has 0 spiro atoms. The average molecular weight is 300 g/mol. The monoisotopic (exact) mass is 300 g/mol. The van der Waals surface area contributed by atoms with Gasteiger partial charge < -0.3 is 5.11 Å². The van der Waals surface area contributed by atoms with Crippen molar-refractivity contribution in [2.24, 2.45) is 0 Å². The summed E-state index contributed by atoms with van der Waals surface area (Å²) in [5, 5.41) is 8.64. The van der Waals surface area contributed by atoms with Crippen LogP contribution in [0.2, 0.25) is 0 Å². The first kappa shape index (κ1) is 16.6. The number of aliphatic carboxylic acids is 1. The van der Waals surface area contributed by atoms with Crippen LogP contribution in [0, 0.1) is 0 Å². The van der Waals surface area contributed by atoms with Crippen molar-refractivity contribution >= 4 is 16.0 Å². The fourth-order valence-electron chi connectivity index (χ4n) is 1.73. The molecule has 20 heavy (non-hydrogen) atoms. The van der Waals surface area contributed by atoms with Crippen molar-refractivity contribution in [3.63, 3.8) is 0 Å². The zero-order chi connectivity index (χ0) is 15.2. The number of hydrogen-bond donors (Lipinski definition) is 2. The molecular formula is C13H20N2O4S. The lowest BCUT2D eigenvalue weighted by Gasteiger charge is -2.25. The van der Waals surface area contributed by atoms with Crippen LogP contribution in [0.1, 0.15) is 32.4 Å². The van der Waals surface area contributed by atoms with E-state index in [0.717, 1.165) is 0 Å². The number of carboxylic acid groups (broad SMARTS) is 1. The van der Waals surface area contributed by atoms with E-state index in [2.05, 4.69) is 9.71 Å². The molecule has 1 heterocycles. The zero-order valence-electron chi connectivity index (χ0n) is 11.7. The highest BCUT2D eigenvalue weighted by molar-refractivity contribution is 7.89. The minimum atomic E-state index is -3.47. The molecule has 0 radical (unpaired) electrons. The van der Waals surface area contributed by atoms with Gasteiger partial charge in [0, 0.05) is 30.3 Å². The van der Waals surface area contributed by atoms with Crippen LogP contribution in [0.4, 0.5) is 0 Å². The molecule has 112 valence electrons. The van der Waals surface area contributed by atoms with Gasteiger partial charge in [-0.1, -0.05) is 6.07 Å². The maximum Gasteiger partial charge on any atom is 0.303 e. The summed E-state index contributed by atoms with van der Waals surface area (Å²) in [4.78, 5) is 14.6. The number of aryl methyl sites for hydroxylation is 1. The van der Waals surface area contributed by atoms with E-state index in [1.165, 1.54) is 0 Å². The van der Waals surface area contributed by atoms with Gasteiger partial charge in [0.1, 0.15) is 0 Å². The van der Waals surface area contributed by atoms with E-state index in [4.69, 9.17) is 5.11 Å². The van der Waals surface area contributed by atoms with Gasteiger partial charge in [-0.05, 0) is 32.4 Å². The molecule has 0 amide bonds. The molecule has 1 aromatic rings. The molecule has 0 fully saturated rings. The van der Waals surface area contributed by atoms with E-state index < -0.39 is 21.5 Å². The molecule has 0 saturated carbocycles. The van der Waals surface area contributed by atoms with E-state index >= 15 is 0 Å². The number of nitrogens with zero attached hydrogens (tertiary/aromatic N) is 1. The third-order valence-corrected chi connectivity index (χ3v) is 4.35. The summed E-state index contributed by atoms with van der Waals surface area (Å²) in [6.07, 6.45) is 2.11. The van der Waals surface area contributed by atoms with Gasteiger partial charge in [-0.25, -0.2) is 13.1 Å². The van der Waals surface area contributed by atoms with Crippen molar-refractivity contribution in [3.05, 3.63) is 30.1 Å². The fourth-order valence-corrected chi connectivity index (χ4v) is 3.25. The molecule has 0 aliphatic heterocycles. The molecule has 2 N–H and O–H groups in total. The molecule has 1 aromatic heterocycles. The van der Waals surface area contributed by atoms with E-state index in [1.807, 2.05) is 0 Å². The largest absolute Gasteiger partial charge is 0.481 e. The molecule has 0 saturated heterocycles. The Hall–Kier alpha value is -1.47. The van der Waals surface area contributed by atoms with Gasteiger partial charge in [0.15, 0.2) is 0 Å². The Morgan fingerprint density at radius 3 is 2.65 bits per heavy atom. The van der Waals surface area contributed by atoms with E-state index in [9.17, 15) is 13.2 Å². The second kappa shape index (κ2) is 6.81. The normalized spacial score (nSPS) is 12.3. The lowest BCUT2D eigenvalue weighted by atomic mass is 10.0. The first-order valence-corrected chi connectivity index (χ1v) is 7.99. The van der Waals surface area contributed by atoms with Gasteiger partial charge in [0.05, 0.1) is 5.75 Å². The number of rotatable bonds is 8. The number of nitrogens with one attached hydrogen (secondary N) is 1. The predicted molar refractivity (Wildman–Crippen MR) is 75.8 cm³/mol. The zero-order valence-corrected chi connectivity index (χ0v) is 12.5. The maximum absolute atomic E-state index is 12.0. The SMILES string of the molecule is CC(C)(CCC(=O)O)NS(=O)(=O)CCc1ccccn1. The molecule has 0 unspecified atom stereocenters. The topological polar surface area (TPSA) is 96.4 Å². The first-order valence-electron chi connectivity index (χ1n) is 6.34. The minimum Gasteiger partial charge on any atom is -0.481 e. The van der Waals surface area contributed by atoms with Crippen molar-refractivity contribution in [1.82, 2.24) is 9.71 Å². The van der Waals surface area contributed by atoms with Crippen molar-refractivity contribution in [2.45, 2.75) is 38.6 Å². The van der Waals surface area contributed by atoms with Crippen LogP contribution < -0.4 is 4.72 Å². The van der Waals surface area contributed by atoms with Gasteiger partial charge >= 0.3 is 5.97 Å². The minimum absolute atomic E-state index is 0.0689. The Labute approximate surface area is 119 Å². The number of pyridine rings is 1. The third-order valence-electron chi connectivity index (χ3n) is 2.75. The van der Waals surface area contributed by atoms with E-state index in [1.54, 1.807) is 38.2 Å². The van der Waals surface area contributed by atoms with Crippen LogP contribution in [0.3, 0.4) is 0 Å². The summed E-state index contributed by atoms with van der Waals surface area (Å²) < 4.78 is 26.5. The average Bonchev–Trinajstić information content (AvgIpc) is 2.34. The predicted octanol–water partition coefficient (Wildman–Crippen LogP) is 1.19. The highest BCUT2D eigenvalue weighted by Crippen LogP contribution is 2.13. The van der Waals surface area contributed by atoms with Gasteiger partial charge in [-0.3, -0.25) is 9.78 Å². The van der Waals surface area contributed by atoms with Crippen molar-refractivity contribution in [3.8, 4) is 0 Å². The fraction of sp³-hybridized carbons (Fsp3) is 0.538. The summed E-state index contributed by atoms with van der Waals surface area (Å²) in [6.45, 7) is 3.35. The van der Waals surface area contributed by atoms with Crippen LogP contribution in [0.25, 0.3) is 0 Å². The Morgan fingerprint density at radius 1 is 1.40 bits per heavy atom. The Balaban J connectivity index is 2.54. The Bertz CT molecular complexity index is 541. The first-order chi connectivity index (χ1) is 9.20. The third kappa shape index (κ3) is 6.63. The molecule has 0 atom stereocenters. The molecule has 7 heteroatoms. The number of sulfonamides is 1. The van der Waals surface area contributed by atoms with Crippen LogP contribution in [-0.4, -0.2) is 35.8 Å². The summed E-state index contributed by atoms with van der Waals surface area (Å²) in [7, 11) is -3.47. The number of hydrogen-bond acceptors (Lipinski definition) is 4. The van der Waals surface area contributed by atoms with E-state index in [-0.39, 0.29) is 18.6 Å². The van der Waals surface area contributed by atoms with Crippen molar-refractivity contribution in [1.29, 1.82) is 0 Å². The van der Waals surface area contributed by atoms with Gasteiger partial charge in [0.25, 0.3) is 0 Å². The lowest BCUT2D eigenvalue weighted by molar-refractivity contribution is -0.137. The molecule has 0 aromatic carbocycles. The molecular weight excluding hydrogens is 280 g/mol. The second-order valence-corrected chi connectivity index (χ2v) is 7.11. The van der Waals surface area contributed by atoms with Crippen LogP contribution >= 0.6 is 0 Å². The molecule has 6 nitrogen and oxygen atoms in total. The second-order valence-electron chi connectivity index (χ2n) is 5.27. The lowest BCUT2D eigenvalue weighted by Crippen LogP contribution is -2.44. The Morgan fingerprint density at radius 2 is 2.10 bits per heavy atom. The summed E-state index contributed by atoms with van der Waals surface area (Å²) in [6, 6.07) is 5.34. The number of carboxylic acids is 1. The van der Waals surface area contributed by atoms with E-state index in [0.29, 0.717) is 12.1 Å². The highest BCUT2D eigenvalue weighted by Gasteiger charge is 2.25. The van der Waals surface area contributed by atoms with Crippen LogP contribution in [0.5, 0.6) is 0 Å². The van der Waals surface area contributed by atoms with Crippen LogP contribution in [-0.2, 0) is 21.2 Å². The maximum atomic E-state index is 12.0.